The summed E-state index contributed by atoms with van der Waals surface area (Å²) in [5, 5.41) is 7.92. The van der Waals surface area contributed by atoms with Gasteiger partial charge >= 0.3 is 0 Å². The maximum absolute atomic E-state index is 3.98. The van der Waals surface area contributed by atoms with E-state index < -0.39 is 0 Å². The molecule has 0 fully saturated rings. The molecule has 0 bridgehead atoms. The highest BCUT2D eigenvalue weighted by atomic mass is 15.4. The van der Waals surface area contributed by atoms with Crippen molar-refractivity contribution in [3.63, 3.8) is 0 Å². The highest BCUT2D eigenvalue weighted by Gasteiger charge is 2.03. The Kier molecular flexibility index (Phi) is 2.63. The molecule has 1 aromatic heterocycles. The Labute approximate surface area is 67.4 Å². The average molecular weight is 153 g/mol. The monoisotopic (exact) mass is 153 g/mol. The van der Waals surface area contributed by atoms with Gasteiger partial charge in [0.15, 0.2) is 0 Å². The zero-order valence-electron chi connectivity index (χ0n) is 7.46. The molecule has 3 nitrogen and oxygen atoms in total. The van der Waals surface area contributed by atoms with Crippen molar-refractivity contribution in [3.05, 3.63) is 11.4 Å². The molecule has 1 aromatic rings. The van der Waals surface area contributed by atoms with Crippen LogP contribution in [0.1, 0.15) is 31.2 Å². The van der Waals surface area contributed by atoms with Crippen LogP contribution in [0.25, 0.3) is 0 Å². The van der Waals surface area contributed by atoms with Crippen LogP contribution in [-0.2, 0) is 13.5 Å². The molecule has 0 aliphatic carbocycles. The molecule has 0 spiro atoms. The minimum absolute atomic E-state index is 1.07. The summed E-state index contributed by atoms with van der Waals surface area (Å²) in [7, 11) is 1.95. The summed E-state index contributed by atoms with van der Waals surface area (Å²) >= 11 is 0. The van der Waals surface area contributed by atoms with E-state index in [1.54, 1.807) is 0 Å². The van der Waals surface area contributed by atoms with Crippen LogP contribution in [0.2, 0.25) is 0 Å². The quantitative estimate of drug-likeness (QED) is 0.658. The Bertz CT molecular complexity index is 208. The van der Waals surface area contributed by atoms with Crippen LogP contribution in [-0.4, -0.2) is 15.0 Å². The first kappa shape index (κ1) is 8.24. The van der Waals surface area contributed by atoms with Gasteiger partial charge in [-0.25, -0.2) is 0 Å². The van der Waals surface area contributed by atoms with Crippen LogP contribution in [0, 0.1) is 6.92 Å². The number of hydrogen-bond acceptors (Lipinski definition) is 2. The number of unbranched alkanes of at least 4 members (excludes halogenated alkanes) is 1. The number of hydrogen-bond donors (Lipinski definition) is 0. The van der Waals surface area contributed by atoms with Crippen LogP contribution in [0.3, 0.4) is 0 Å². The first-order valence-corrected chi connectivity index (χ1v) is 4.11. The number of nitrogens with zero attached hydrogens (tertiary/aromatic N) is 3. The largest absolute Gasteiger partial charge is 0.252 e. The van der Waals surface area contributed by atoms with Crippen LogP contribution < -0.4 is 0 Å². The molecule has 62 valence electrons. The number of aromatic nitrogens is 3. The lowest BCUT2D eigenvalue weighted by Crippen LogP contribution is -1.98. The fraction of sp³-hybridized carbons (Fsp3) is 0.750. The van der Waals surface area contributed by atoms with E-state index in [0.29, 0.717) is 0 Å². The summed E-state index contributed by atoms with van der Waals surface area (Å²) in [6.45, 7) is 4.21. The Hall–Kier alpha value is -0.860. The predicted octanol–water partition coefficient (Wildman–Crippen LogP) is 1.47. The highest BCUT2D eigenvalue weighted by molar-refractivity contribution is 5.07. The smallest absolute Gasteiger partial charge is 0.0828 e. The molecular formula is C8H15N3. The molecule has 1 heterocycles. The molecular weight excluding hydrogens is 138 g/mol. The van der Waals surface area contributed by atoms with Crippen molar-refractivity contribution in [2.75, 3.05) is 0 Å². The van der Waals surface area contributed by atoms with Crippen LogP contribution in [0.4, 0.5) is 0 Å². The summed E-state index contributed by atoms with van der Waals surface area (Å²) < 4.78 is 1.87. The van der Waals surface area contributed by atoms with Crippen LogP contribution >= 0.6 is 0 Å². The lowest BCUT2D eigenvalue weighted by Gasteiger charge is -1.99. The molecule has 0 aromatic carbocycles. The van der Waals surface area contributed by atoms with E-state index in [0.717, 1.165) is 12.1 Å². The van der Waals surface area contributed by atoms with Gasteiger partial charge in [0.25, 0.3) is 0 Å². The van der Waals surface area contributed by atoms with Gasteiger partial charge in [0.05, 0.1) is 11.4 Å². The summed E-state index contributed by atoms with van der Waals surface area (Å²) in [4.78, 5) is 0. The lowest BCUT2D eigenvalue weighted by atomic mass is 10.2. The van der Waals surface area contributed by atoms with Gasteiger partial charge in [-0.3, -0.25) is 4.68 Å². The summed E-state index contributed by atoms with van der Waals surface area (Å²) in [5.41, 5.74) is 2.34. The first-order valence-electron chi connectivity index (χ1n) is 4.11. The highest BCUT2D eigenvalue weighted by Crippen LogP contribution is 2.06. The Balaban J connectivity index is 2.67. The molecule has 0 N–H and O–H groups in total. The van der Waals surface area contributed by atoms with Crippen molar-refractivity contribution in [1.82, 2.24) is 15.0 Å². The molecule has 0 aliphatic heterocycles. The molecule has 1 rings (SSSR count). The first-order chi connectivity index (χ1) is 5.25. The van der Waals surface area contributed by atoms with Gasteiger partial charge in [0.2, 0.25) is 0 Å². The number of rotatable bonds is 3. The Morgan fingerprint density at radius 2 is 2.18 bits per heavy atom. The van der Waals surface area contributed by atoms with E-state index in [9.17, 15) is 0 Å². The predicted molar refractivity (Wildman–Crippen MR) is 44.4 cm³/mol. The Morgan fingerprint density at radius 1 is 1.45 bits per heavy atom. The van der Waals surface area contributed by atoms with E-state index in [4.69, 9.17) is 0 Å². The van der Waals surface area contributed by atoms with E-state index >= 15 is 0 Å². The van der Waals surface area contributed by atoms with Crippen molar-refractivity contribution >= 4 is 0 Å². The van der Waals surface area contributed by atoms with Gasteiger partial charge in [-0.15, -0.1) is 5.10 Å². The fourth-order valence-corrected chi connectivity index (χ4v) is 1.17. The summed E-state index contributed by atoms with van der Waals surface area (Å²) in [6, 6.07) is 0. The van der Waals surface area contributed by atoms with E-state index in [-0.39, 0.29) is 0 Å². The fourth-order valence-electron chi connectivity index (χ4n) is 1.17. The van der Waals surface area contributed by atoms with E-state index in [1.165, 1.54) is 18.5 Å². The van der Waals surface area contributed by atoms with Crippen molar-refractivity contribution in [2.24, 2.45) is 7.05 Å². The van der Waals surface area contributed by atoms with Crippen molar-refractivity contribution in [2.45, 2.75) is 33.1 Å². The molecule has 0 radical (unpaired) electrons. The minimum atomic E-state index is 1.07. The number of aryl methyl sites for hydroxylation is 2. The molecule has 0 atom stereocenters. The second-order valence-corrected chi connectivity index (χ2v) is 2.85. The normalized spacial score (nSPS) is 10.5. The van der Waals surface area contributed by atoms with Crippen molar-refractivity contribution in [3.8, 4) is 0 Å². The summed E-state index contributed by atoms with van der Waals surface area (Å²) in [5.74, 6) is 0. The van der Waals surface area contributed by atoms with Gasteiger partial charge in [-0.1, -0.05) is 18.6 Å². The van der Waals surface area contributed by atoms with Crippen molar-refractivity contribution < 1.29 is 0 Å². The minimum Gasteiger partial charge on any atom is -0.252 e. The maximum atomic E-state index is 3.98. The molecule has 3 heteroatoms. The molecule has 0 amide bonds. The molecule has 11 heavy (non-hydrogen) atoms. The SMILES string of the molecule is CCCCc1c(C)nnn1C. The van der Waals surface area contributed by atoms with E-state index in [2.05, 4.69) is 17.2 Å². The third-order valence-corrected chi connectivity index (χ3v) is 1.90. The standard InChI is InChI=1S/C8H15N3/c1-4-5-6-8-7(2)9-10-11(8)3/h4-6H2,1-3H3. The third kappa shape index (κ3) is 1.79. The van der Waals surface area contributed by atoms with E-state index in [1.807, 2.05) is 18.7 Å². The zero-order valence-corrected chi connectivity index (χ0v) is 7.46. The molecule has 0 aliphatic rings. The second-order valence-electron chi connectivity index (χ2n) is 2.85. The maximum Gasteiger partial charge on any atom is 0.0828 e. The average Bonchev–Trinajstić information content (AvgIpc) is 2.29. The van der Waals surface area contributed by atoms with Gasteiger partial charge in [0.1, 0.15) is 0 Å². The molecule has 0 unspecified atom stereocenters. The Morgan fingerprint density at radius 3 is 2.64 bits per heavy atom. The zero-order chi connectivity index (χ0) is 8.27. The van der Waals surface area contributed by atoms with Crippen LogP contribution in [0.15, 0.2) is 0 Å². The molecule has 0 saturated heterocycles. The van der Waals surface area contributed by atoms with Crippen LogP contribution in [0.5, 0.6) is 0 Å². The van der Waals surface area contributed by atoms with Gasteiger partial charge < -0.3 is 0 Å². The topological polar surface area (TPSA) is 30.7 Å². The summed E-state index contributed by atoms with van der Waals surface area (Å²) in [6.07, 6.45) is 3.55. The second kappa shape index (κ2) is 3.51. The van der Waals surface area contributed by atoms with Gasteiger partial charge in [-0.2, -0.15) is 0 Å². The van der Waals surface area contributed by atoms with Crippen molar-refractivity contribution in [1.29, 1.82) is 0 Å². The lowest BCUT2D eigenvalue weighted by molar-refractivity contribution is 0.655. The van der Waals surface area contributed by atoms with Gasteiger partial charge in [-0.05, 0) is 19.8 Å². The molecule has 0 saturated carbocycles. The van der Waals surface area contributed by atoms with Gasteiger partial charge in [0, 0.05) is 7.05 Å². The third-order valence-electron chi connectivity index (χ3n) is 1.90.